The van der Waals surface area contributed by atoms with Gasteiger partial charge in [-0.2, -0.15) is 0 Å². The number of amides is 1. The van der Waals surface area contributed by atoms with Gasteiger partial charge in [0.2, 0.25) is 0 Å². The highest BCUT2D eigenvalue weighted by molar-refractivity contribution is 5.93. The monoisotopic (exact) mass is 408 g/mol. The number of rotatable bonds is 8. The zero-order valence-corrected chi connectivity index (χ0v) is 17.5. The summed E-state index contributed by atoms with van der Waals surface area (Å²) in [5.41, 5.74) is 5.92. The highest BCUT2D eigenvalue weighted by atomic mass is 16.5. The maximum atomic E-state index is 12.2. The van der Waals surface area contributed by atoms with E-state index in [4.69, 9.17) is 9.47 Å². The molecule has 0 saturated heterocycles. The van der Waals surface area contributed by atoms with Crippen LogP contribution in [0.2, 0.25) is 0 Å². The SMILES string of the molecule is COc1ccc(COC2C(CNO)=CC=CC2c2ccc(C(=O)N(C)C)cc2)cc1. The molecule has 2 aromatic carbocycles. The third kappa shape index (κ3) is 5.16. The fraction of sp³-hybridized carbons (Fsp3) is 0.292. The Kier molecular flexibility index (Phi) is 7.41. The van der Waals surface area contributed by atoms with E-state index in [0.29, 0.717) is 18.7 Å². The van der Waals surface area contributed by atoms with Crippen molar-refractivity contribution < 1.29 is 19.5 Å². The summed E-state index contributed by atoms with van der Waals surface area (Å²) in [6, 6.07) is 15.4. The average Bonchev–Trinajstić information content (AvgIpc) is 2.78. The molecule has 0 bridgehead atoms. The van der Waals surface area contributed by atoms with Crippen LogP contribution in [0, 0.1) is 0 Å². The molecule has 2 aromatic rings. The lowest BCUT2D eigenvalue weighted by atomic mass is 9.85. The fourth-order valence-electron chi connectivity index (χ4n) is 3.49. The van der Waals surface area contributed by atoms with Crippen molar-refractivity contribution in [3.63, 3.8) is 0 Å². The third-order valence-electron chi connectivity index (χ3n) is 5.14. The van der Waals surface area contributed by atoms with Gasteiger partial charge in [-0.3, -0.25) is 4.79 Å². The van der Waals surface area contributed by atoms with Crippen LogP contribution in [0.4, 0.5) is 0 Å². The quantitative estimate of drug-likeness (QED) is 0.654. The molecule has 1 amide bonds. The van der Waals surface area contributed by atoms with Gasteiger partial charge in [0.1, 0.15) is 5.75 Å². The van der Waals surface area contributed by atoms with E-state index in [1.54, 1.807) is 26.1 Å². The standard InChI is InChI=1S/C24H28N2O4/c1-26(2)24(27)19-11-9-18(10-12-19)22-6-4-5-20(15-25-28)23(22)30-16-17-7-13-21(29-3)14-8-17/h4-14,22-23,25,28H,15-16H2,1-3H3. The van der Waals surface area contributed by atoms with Crippen LogP contribution in [-0.4, -0.2) is 49.9 Å². The van der Waals surface area contributed by atoms with Crippen LogP contribution in [0.15, 0.2) is 72.3 Å². The molecule has 0 spiro atoms. The normalized spacial score (nSPS) is 18.1. The summed E-state index contributed by atoms with van der Waals surface area (Å²) in [5, 5.41) is 9.26. The van der Waals surface area contributed by atoms with E-state index < -0.39 is 0 Å². The Balaban J connectivity index is 1.79. The molecular weight excluding hydrogens is 380 g/mol. The third-order valence-corrected chi connectivity index (χ3v) is 5.14. The van der Waals surface area contributed by atoms with Crippen LogP contribution in [0.1, 0.15) is 27.4 Å². The number of methoxy groups -OCH3 is 1. The molecule has 0 fully saturated rings. The first kappa shape index (κ1) is 21.8. The zero-order valence-electron chi connectivity index (χ0n) is 17.5. The molecule has 0 saturated carbocycles. The predicted octanol–water partition coefficient (Wildman–Crippen LogP) is 3.54. The highest BCUT2D eigenvalue weighted by Crippen LogP contribution is 2.32. The van der Waals surface area contributed by atoms with Gasteiger partial charge in [-0.05, 0) is 41.0 Å². The Bertz CT molecular complexity index is 902. The number of nitrogens with zero attached hydrogens (tertiary/aromatic N) is 1. The Hall–Kier alpha value is -2.93. The molecule has 1 aliphatic carbocycles. The maximum absolute atomic E-state index is 12.2. The van der Waals surface area contributed by atoms with Crippen molar-refractivity contribution in [1.29, 1.82) is 0 Å². The van der Waals surface area contributed by atoms with Crippen molar-refractivity contribution in [2.24, 2.45) is 0 Å². The second-order valence-corrected chi connectivity index (χ2v) is 7.39. The molecule has 0 heterocycles. The summed E-state index contributed by atoms with van der Waals surface area (Å²) >= 11 is 0. The Morgan fingerprint density at radius 1 is 1.10 bits per heavy atom. The first-order valence-corrected chi connectivity index (χ1v) is 9.84. The first-order chi connectivity index (χ1) is 14.5. The molecule has 2 unspecified atom stereocenters. The van der Waals surface area contributed by atoms with Gasteiger partial charge in [0, 0.05) is 32.1 Å². The van der Waals surface area contributed by atoms with E-state index >= 15 is 0 Å². The summed E-state index contributed by atoms with van der Waals surface area (Å²) in [6.07, 6.45) is 5.78. The van der Waals surface area contributed by atoms with Gasteiger partial charge in [0.25, 0.3) is 5.91 Å². The number of nitrogens with one attached hydrogen (secondary N) is 1. The Morgan fingerprint density at radius 3 is 2.40 bits per heavy atom. The van der Waals surface area contributed by atoms with Crippen molar-refractivity contribution in [3.05, 3.63) is 89.0 Å². The van der Waals surface area contributed by atoms with Crippen LogP contribution in [-0.2, 0) is 11.3 Å². The minimum atomic E-state index is -0.243. The fourth-order valence-corrected chi connectivity index (χ4v) is 3.49. The highest BCUT2D eigenvalue weighted by Gasteiger charge is 2.27. The topological polar surface area (TPSA) is 71.0 Å². The van der Waals surface area contributed by atoms with Crippen molar-refractivity contribution >= 4 is 5.91 Å². The second-order valence-electron chi connectivity index (χ2n) is 7.39. The van der Waals surface area contributed by atoms with Gasteiger partial charge in [-0.1, -0.05) is 42.5 Å². The maximum Gasteiger partial charge on any atom is 0.253 e. The van der Waals surface area contributed by atoms with Gasteiger partial charge in [0.05, 0.1) is 19.8 Å². The number of hydrogen-bond acceptors (Lipinski definition) is 5. The average molecular weight is 408 g/mol. The summed E-state index contributed by atoms with van der Waals surface area (Å²) in [5.74, 6) is 0.743. The molecule has 0 aromatic heterocycles. The Labute approximate surface area is 177 Å². The van der Waals surface area contributed by atoms with Gasteiger partial charge in [-0.25, -0.2) is 5.48 Å². The van der Waals surface area contributed by atoms with Crippen molar-refractivity contribution in [3.8, 4) is 5.75 Å². The minimum absolute atomic E-state index is 0.0277. The Morgan fingerprint density at radius 2 is 1.80 bits per heavy atom. The van der Waals surface area contributed by atoms with E-state index in [9.17, 15) is 10.0 Å². The van der Waals surface area contributed by atoms with Gasteiger partial charge in [-0.15, -0.1) is 0 Å². The summed E-state index contributed by atoms with van der Waals surface area (Å²) in [7, 11) is 5.12. The van der Waals surface area contributed by atoms with E-state index in [2.05, 4.69) is 11.6 Å². The molecule has 2 N–H and O–H groups in total. The number of carbonyl (C=O) groups excluding carboxylic acids is 1. The number of ether oxygens (including phenoxy) is 2. The second kappa shape index (κ2) is 10.2. The molecular formula is C24H28N2O4. The molecule has 6 nitrogen and oxygen atoms in total. The molecule has 30 heavy (non-hydrogen) atoms. The summed E-state index contributed by atoms with van der Waals surface area (Å²) in [4.78, 5) is 13.7. The predicted molar refractivity (Wildman–Crippen MR) is 116 cm³/mol. The van der Waals surface area contributed by atoms with Gasteiger partial charge >= 0.3 is 0 Å². The number of carbonyl (C=O) groups is 1. The lowest BCUT2D eigenvalue weighted by Crippen LogP contribution is -2.30. The van der Waals surface area contributed by atoms with E-state index in [1.807, 2.05) is 60.7 Å². The smallest absolute Gasteiger partial charge is 0.253 e. The number of allylic oxidation sites excluding steroid dienone is 2. The summed E-state index contributed by atoms with van der Waals surface area (Å²) in [6.45, 7) is 0.740. The first-order valence-electron chi connectivity index (χ1n) is 9.84. The number of hydrogen-bond donors (Lipinski definition) is 2. The molecule has 1 aliphatic rings. The molecule has 0 aliphatic heterocycles. The van der Waals surface area contributed by atoms with E-state index in [-0.39, 0.29) is 17.9 Å². The molecule has 3 rings (SSSR count). The number of benzene rings is 2. The largest absolute Gasteiger partial charge is 0.497 e. The van der Waals surface area contributed by atoms with Crippen molar-refractivity contribution in [1.82, 2.24) is 10.4 Å². The molecule has 2 atom stereocenters. The lowest BCUT2D eigenvalue weighted by molar-refractivity contribution is 0.0482. The van der Waals surface area contributed by atoms with Crippen molar-refractivity contribution in [2.75, 3.05) is 27.7 Å². The van der Waals surface area contributed by atoms with E-state index in [0.717, 1.165) is 22.4 Å². The number of hydroxylamine groups is 1. The summed E-state index contributed by atoms with van der Waals surface area (Å²) < 4.78 is 11.5. The van der Waals surface area contributed by atoms with E-state index in [1.165, 1.54) is 0 Å². The van der Waals surface area contributed by atoms with Crippen LogP contribution < -0.4 is 10.2 Å². The zero-order chi connectivity index (χ0) is 21.5. The molecule has 158 valence electrons. The van der Waals surface area contributed by atoms with Crippen LogP contribution in [0.5, 0.6) is 5.75 Å². The van der Waals surface area contributed by atoms with Gasteiger partial charge < -0.3 is 19.6 Å². The molecule has 0 radical (unpaired) electrons. The van der Waals surface area contributed by atoms with Crippen molar-refractivity contribution in [2.45, 2.75) is 18.6 Å². The molecule has 6 heteroatoms. The van der Waals surface area contributed by atoms with Crippen LogP contribution >= 0.6 is 0 Å². The lowest BCUT2D eigenvalue weighted by Gasteiger charge is -2.30. The minimum Gasteiger partial charge on any atom is -0.497 e. The van der Waals surface area contributed by atoms with Crippen LogP contribution in [0.3, 0.4) is 0 Å². The van der Waals surface area contributed by atoms with Crippen LogP contribution in [0.25, 0.3) is 0 Å². The van der Waals surface area contributed by atoms with Gasteiger partial charge in [0.15, 0.2) is 0 Å².